The number of hydrogen-bond donors (Lipinski definition) is 1. The highest BCUT2D eigenvalue weighted by atomic mass is 16.5. The smallest absolute Gasteiger partial charge is 0.309 e. The maximum Gasteiger partial charge on any atom is 0.309 e. The van der Waals surface area contributed by atoms with Crippen LogP contribution in [0.4, 0.5) is 5.69 Å². The van der Waals surface area contributed by atoms with Gasteiger partial charge in [-0.05, 0) is 43.0 Å². The van der Waals surface area contributed by atoms with Gasteiger partial charge in [-0.1, -0.05) is 12.8 Å². The number of carbonyl (C=O) groups excluding carboxylic acids is 3. The summed E-state index contributed by atoms with van der Waals surface area (Å²) in [6.45, 7) is 0.813. The third-order valence-electron chi connectivity index (χ3n) is 5.83. The van der Waals surface area contributed by atoms with E-state index in [1.165, 1.54) is 7.11 Å². The number of nitrogens with zero attached hydrogens (tertiary/aromatic N) is 1. The summed E-state index contributed by atoms with van der Waals surface area (Å²) in [6, 6.07) is 7.23. The molecular weight excluding hydrogens is 360 g/mol. The summed E-state index contributed by atoms with van der Waals surface area (Å²) >= 11 is 0. The van der Waals surface area contributed by atoms with E-state index in [4.69, 9.17) is 9.47 Å². The van der Waals surface area contributed by atoms with Gasteiger partial charge in [0.05, 0.1) is 26.1 Å². The molecule has 1 aliphatic heterocycles. The van der Waals surface area contributed by atoms with E-state index < -0.39 is 0 Å². The molecule has 1 saturated heterocycles. The highest BCUT2D eigenvalue weighted by molar-refractivity contribution is 6.00. The van der Waals surface area contributed by atoms with Crippen molar-refractivity contribution in [2.75, 3.05) is 32.2 Å². The molecule has 1 N–H and O–H groups in total. The van der Waals surface area contributed by atoms with Crippen LogP contribution in [0.2, 0.25) is 0 Å². The Morgan fingerprint density at radius 1 is 1.14 bits per heavy atom. The standard InChI is InChI=1S/C21H28N2O5/c1-27-17-9-7-16(8-10-17)23-13-15(11-19(23)24)20(25)22-12-14-5-3-4-6-18(14)21(26)28-2/h7-10,14-15,18H,3-6,11-13H2,1-2H3,(H,22,25). The largest absolute Gasteiger partial charge is 0.497 e. The average Bonchev–Trinajstić information content (AvgIpc) is 3.13. The van der Waals surface area contributed by atoms with Gasteiger partial charge in [0.2, 0.25) is 11.8 Å². The van der Waals surface area contributed by atoms with E-state index in [2.05, 4.69) is 5.32 Å². The number of rotatable bonds is 6. The van der Waals surface area contributed by atoms with E-state index in [-0.39, 0.29) is 42.0 Å². The number of methoxy groups -OCH3 is 2. The molecule has 0 spiro atoms. The Morgan fingerprint density at radius 3 is 2.54 bits per heavy atom. The molecule has 2 aliphatic rings. The van der Waals surface area contributed by atoms with E-state index >= 15 is 0 Å². The number of amides is 2. The Balaban J connectivity index is 1.56. The van der Waals surface area contributed by atoms with Crippen LogP contribution in [0, 0.1) is 17.8 Å². The second-order valence-electron chi connectivity index (χ2n) is 7.52. The molecule has 7 nitrogen and oxygen atoms in total. The lowest BCUT2D eigenvalue weighted by molar-refractivity contribution is -0.148. The molecule has 2 fully saturated rings. The van der Waals surface area contributed by atoms with Crippen molar-refractivity contribution in [1.82, 2.24) is 5.32 Å². The Bertz CT molecular complexity index is 718. The third kappa shape index (κ3) is 4.46. The zero-order chi connectivity index (χ0) is 20.1. The normalized spacial score (nSPS) is 24.7. The van der Waals surface area contributed by atoms with Gasteiger partial charge in [0, 0.05) is 25.2 Å². The zero-order valence-corrected chi connectivity index (χ0v) is 16.5. The van der Waals surface area contributed by atoms with Crippen molar-refractivity contribution >= 4 is 23.5 Å². The first-order chi connectivity index (χ1) is 13.5. The molecule has 7 heteroatoms. The van der Waals surface area contributed by atoms with Crippen molar-refractivity contribution in [1.29, 1.82) is 0 Å². The Morgan fingerprint density at radius 2 is 1.86 bits per heavy atom. The predicted molar refractivity (Wildman–Crippen MR) is 104 cm³/mol. The van der Waals surface area contributed by atoms with E-state index in [1.807, 2.05) is 12.1 Å². The van der Waals surface area contributed by atoms with Gasteiger partial charge in [-0.25, -0.2) is 0 Å². The molecule has 0 aromatic heterocycles. The van der Waals surface area contributed by atoms with Crippen LogP contribution >= 0.6 is 0 Å². The number of hydrogen-bond acceptors (Lipinski definition) is 5. The molecule has 3 unspecified atom stereocenters. The van der Waals surface area contributed by atoms with Gasteiger partial charge in [-0.3, -0.25) is 14.4 Å². The Kier molecular flexibility index (Phi) is 6.54. The summed E-state index contributed by atoms with van der Waals surface area (Å²) in [7, 11) is 3.00. The highest BCUT2D eigenvalue weighted by Gasteiger charge is 2.36. The summed E-state index contributed by atoms with van der Waals surface area (Å²) < 4.78 is 10.0. The maximum atomic E-state index is 12.6. The quantitative estimate of drug-likeness (QED) is 0.755. The second-order valence-corrected chi connectivity index (χ2v) is 7.52. The minimum absolute atomic E-state index is 0.0598. The number of ether oxygens (including phenoxy) is 2. The Hall–Kier alpha value is -2.57. The topological polar surface area (TPSA) is 84.9 Å². The molecule has 1 heterocycles. The minimum atomic E-state index is -0.380. The fourth-order valence-corrected chi connectivity index (χ4v) is 4.18. The number of anilines is 1. The molecule has 2 amide bonds. The first kappa shape index (κ1) is 20.2. The van der Waals surface area contributed by atoms with E-state index in [9.17, 15) is 14.4 Å². The van der Waals surface area contributed by atoms with Crippen molar-refractivity contribution in [3.8, 4) is 5.75 Å². The van der Waals surface area contributed by atoms with Crippen LogP contribution in [-0.4, -0.2) is 45.1 Å². The zero-order valence-electron chi connectivity index (χ0n) is 16.5. The molecule has 0 bridgehead atoms. The summed E-state index contributed by atoms with van der Waals surface area (Å²) in [4.78, 5) is 38.6. The van der Waals surface area contributed by atoms with Gasteiger partial charge in [0.15, 0.2) is 0 Å². The van der Waals surface area contributed by atoms with Crippen LogP contribution in [0.15, 0.2) is 24.3 Å². The first-order valence-corrected chi connectivity index (χ1v) is 9.83. The molecule has 1 aromatic rings. The fourth-order valence-electron chi connectivity index (χ4n) is 4.18. The molecule has 3 rings (SSSR count). The van der Waals surface area contributed by atoms with Crippen molar-refractivity contribution in [3.05, 3.63) is 24.3 Å². The molecular formula is C21H28N2O5. The van der Waals surface area contributed by atoms with Crippen molar-refractivity contribution in [2.45, 2.75) is 32.1 Å². The SMILES string of the molecule is COC(=O)C1CCCCC1CNC(=O)C1CC(=O)N(c2ccc(OC)cc2)C1. The van der Waals surface area contributed by atoms with Crippen LogP contribution in [0.5, 0.6) is 5.75 Å². The van der Waals surface area contributed by atoms with Crippen molar-refractivity contribution in [2.24, 2.45) is 17.8 Å². The number of esters is 1. The minimum Gasteiger partial charge on any atom is -0.497 e. The van der Waals surface area contributed by atoms with Crippen molar-refractivity contribution < 1.29 is 23.9 Å². The van der Waals surface area contributed by atoms with Crippen molar-refractivity contribution in [3.63, 3.8) is 0 Å². The lowest BCUT2D eigenvalue weighted by Crippen LogP contribution is -2.40. The van der Waals surface area contributed by atoms with E-state index in [0.29, 0.717) is 13.1 Å². The van der Waals surface area contributed by atoms with Crippen LogP contribution in [-0.2, 0) is 19.1 Å². The van der Waals surface area contributed by atoms with Crippen LogP contribution in [0.3, 0.4) is 0 Å². The predicted octanol–water partition coefficient (Wildman–Crippen LogP) is 2.14. The average molecular weight is 388 g/mol. The number of nitrogens with one attached hydrogen (secondary N) is 1. The van der Waals surface area contributed by atoms with Gasteiger partial charge < -0.3 is 19.7 Å². The summed E-state index contributed by atoms with van der Waals surface area (Å²) in [6.07, 6.45) is 3.98. The molecule has 3 atom stereocenters. The fraction of sp³-hybridized carbons (Fsp3) is 0.571. The number of carbonyl (C=O) groups is 3. The summed E-state index contributed by atoms with van der Waals surface area (Å²) in [5, 5.41) is 2.97. The highest BCUT2D eigenvalue weighted by Crippen LogP contribution is 2.31. The third-order valence-corrected chi connectivity index (χ3v) is 5.83. The van der Waals surface area contributed by atoms with E-state index in [0.717, 1.165) is 37.1 Å². The summed E-state index contributed by atoms with van der Waals surface area (Å²) in [5.74, 6) is -0.0956. The van der Waals surface area contributed by atoms with Crippen LogP contribution < -0.4 is 15.0 Å². The number of benzene rings is 1. The monoisotopic (exact) mass is 388 g/mol. The second kappa shape index (κ2) is 9.08. The van der Waals surface area contributed by atoms with E-state index in [1.54, 1.807) is 24.1 Å². The molecule has 1 saturated carbocycles. The molecule has 1 aromatic carbocycles. The van der Waals surface area contributed by atoms with Gasteiger partial charge in [0.1, 0.15) is 5.75 Å². The van der Waals surface area contributed by atoms with Crippen LogP contribution in [0.1, 0.15) is 32.1 Å². The van der Waals surface area contributed by atoms with Gasteiger partial charge in [-0.2, -0.15) is 0 Å². The van der Waals surface area contributed by atoms with Crippen LogP contribution in [0.25, 0.3) is 0 Å². The summed E-state index contributed by atoms with van der Waals surface area (Å²) in [5.41, 5.74) is 0.763. The molecule has 1 aliphatic carbocycles. The molecule has 28 heavy (non-hydrogen) atoms. The van der Waals surface area contributed by atoms with Gasteiger partial charge in [-0.15, -0.1) is 0 Å². The van der Waals surface area contributed by atoms with Gasteiger partial charge in [0.25, 0.3) is 0 Å². The maximum absolute atomic E-state index is 12.6. The molecule has 152 valence electrons. The first-order valence-electron chi connectivity index (χ1n) is 9.83. The lowest BCUT2D eigenvalue weighted by atomic mass is 9.79. The Labute approximate surface area is 165 Å². The lowest BCUT2D eigenvalue weighted by Gasteiger charge is -2.29. The molecule has 0 radical (unpaired) electrons. The van der Waals surface area contributed by atoms with Gasteiger partial charge >= 0.3 is 5.97 Å².